The van der Waals surface area contributed by atoms with Gasteiger partial charge in [0, 0.05) is 11.1 Å². The van der Waals surface area contributed by atoms with Crippen LogP contribution in [0.2, 0.25) is 0 Å². The number of hydrogen-bond donors (Lipinski definition) is 1. The lowest BCUT2D eigenvalue weighted by atomic mass is 9.96. The fourth-order valence-electron chi connectivity index (χ4n) is 1.94. The number of carbonyl (C=O) groups excluding carboxylic acids is 1. The van der Waals surface area contributed by atoms with Crippen molar-refractivity contribution in [3.05, 3.63) is 34.9 Å². The Kier molecular flexibility index (Phi) is 2.79. The number of fused-ring (bicyclic) bond motifs is 1. The van der Waals surface area contributed by atoms with Gasteiger partial charge in [0.05, 0.1) is 6.54 Å². The predicted molar refractivity (Wildman–Crippen MR) is 68.3 cm³/mol. The molecule has 3 heteroatoms. The molecule has 1 aliphatic rings. The van der Waals surface area contributed by atoms with Crippen LogP contribution in [0.15, 0.2) is 18.2 Å². The number of ketones is 1. The van der Waals surface area contributed by atoms with Gasteiger partial charge >= 0.3 is 0 Å². The van der Waals surface area contributed by atoms with Gasteiger partial charge in [0.25, 0.3) is 0 Å². The maximum Gasteiger partial charge on any atom is 0.176 e. The standard InChI is InChI=1S/C14H17NO2/c1-9-6-13-10(4-5-14(2,3)17-13)7-11(9)12(16)8-15/h4-7H,8,15H2,1-3H3. The molecule has 0 fully saturated rings. The molecule has 0 saturated carbocycles. The fraction of sp³-hybridized carbons (Fsp3) is 0.357. The zero-order chi connectivity index (χ0) is 12.6. The molecule has 1 heterocycles. The number of hydrogen-bond acceptors (Lipinski definition) is 3. The van der Waals surface area contributed by atoms with E-state index in [-0.39, 0.29) is 17.9 Å². The van der Waals surface area contributed by atoms with Crippen molar-refractivity contribution in [3.63, 3.8) is 0 Å². The quantitative estimate of drug-likeness (QED) is 0.795. The molecule has 0 amide bonds. The topological polar surface area (TPSA) is 52.3 Å². The van der Waals surface area contributed by atoms with E-state index in [9.17, 15) is 4.79 Å². The second-order valence-electron chi connectivity index (χ2n) is 4.87. The lowest BCUT2D eigenvalue weighted by Gasteiger charge is -2.28. The Morgan fingerprint density at radius 1 is 1.41 bits per heavy atom. The van der Waals surface area contributed by atoms with E-state index in [0.717, 1.165) is 16.9 Å². The molecule has 0 saturated heterocycles. The van der Waals surface area contributed by atoms with Crippen LogP contribution in [0.3, 0.4) is 0 Å². The Labute approximate surface area is 101 Å². The van der Waals surface area contributed by atoms with Gasteiger partial charge in [-0.15, -0.1) is 0 Å². The van der Waals surface area contributed by atoms with Gasteiger partial charge in [-0.1, -0.05) is 6.08 Å². The van der Waals surface area contributed by atoms with Gasteiger partial charge in [0.1, 0.15) is 11.4 Å². The number of carbonyl (C=O) groups is 1. The molecule has 3 nitrogen and oxygen atoms in total. The van der Waals surface area contributed by atoms with Gasteiger partial charge in [0.15, 0.2) is 5.78 Å². The minimum atomic E-state index is -0.293. The normalized spacial score (nSPS) is 16.2. The summed E-state index contributed by atoms with van der Waals surface area (Å²) >= 11 is 0. The lowest BCUT2D eigenvalue weighted by molar-refractivity contribution is 0.100. The summed E-state index contributed by atoms with van der Waals surface area (Å²) in [4.78, 5) is 11.7. The molecule has 90 valence electrons. The van der Waals surface area contributed by atoms with Crippen LogP contribution >= 0.6 is 0 Å². The van der Waals surface area contributed by atoms with Crippen LogP contribution in [0.25, 0.3) is 6.08 Å². The summed E-state index contributed by atoms with van der Waals surface area (Å²) in [6, 6.07) is 3.76. The van der Waals surface area contributed by atoms with E-state index in [0.29, 0.717) is 5.56 Å². The predicted octanol–water partition coefficient (Wildman–Crippen LogP) is 2.32. The van der Waals surface area contributed by atoms with Gasteiger partial charge in [-0.25, -0.2) is 0 Å². The third-order valence-corrected chi connectivity index (χ3v) is 2.88. The van der Waals surface area contributed by atoms with Gasteiger partial charge in [0.2, 0.25) is 0 Å². The monoisotopic (exact) mass is 231 g/mol. The van der Waals surface area contributed by atoms with Crippen molar-refractivity contribution in [2.45, 2.75) is 26.4 Å². The average molecular weight is 231 g/mol. The number of nitrogens with two attached hydrogens (primary N) is 1. The highest BCUT2D eigenvalue weighted by Crippen LogP contribution is 2.33. The highest BCUT2D eigenvalue weighted by molar-refractivity contribution is 5.99. The van der Waals surface area contributed by atoms with E-state index in [2.05, 4.69) is 0 Å². The molecule has 0 atom stereocenters. The summed E-state index contributed by atoms with van der Waals surface area (Å²) in [7, 11) is 0. The number of benzene rings is 1. The van der Waals surface area contributed by atoms with Crippen LogP contribution in [0.5, 0.6) is 5.75 Å². The van der Waals surface area contributed by atoms with Gasteiger partial charge in [-0.05, 0) is 44.5 Å². The van der Waals surface area contributed by atoms with Gasteiger partial charge in [-0.2, -0.15) is 0 Å². The second kappa shape index (κ2) is 4.00. The molecule has 0 unspecified atom stereocenters. The number of rotatable bonds is 2. The Morgan fingerprint density at radius 2 is 2.12 bits per heavy atom. The molecule has 0 radical (unpaired) electrons. The van der Waals surface area contributed by atoms with E-state index in [1.54, 1.807) is 0 Å². The largest absolute Gasteiger partial charge is 0.483 e. The first-order valence-corrected chi connectivity index (χ1v) is 5.69. The zero-order valence-corrected chi connectivity index (χ0v) is 10.4. The molecular weight excluding hydrogens is 214 g/mol. The first-order chi connectivity index (χ1) is 7.93. The Hall–Kier alpha value is -1.61. The van der Waals surface area contributed by atoms with E-state index < -0.39 is 0 Å². The highest BCUT2D eigenvalue weighted by atomic mass is 16.5. The maximum absolute atomic E-state index is 11.7. The highest BCUT2D eigenvalue weighted by Gasteiger charge is 2.23. The summed E-state index contributed by atoms with van der Waals surface area (Å²) in [5.41, 5.74) is 7.62. The van der Waals surface area contributed by atoms with E-state index >= 15 is 0 Å². The summed E-state index contributed by atoms with van der Waals surface area (Å²) in [5.74, 6) is 0.784. The Morgan fingerprint density at radius 3 is 2.76 bits per heavy atom. The lowest BCUT2D eigenvalue weighted by Crippen LogP contribution is -2.27. The molecule has 1 aromatic carbocycles. The first kappa shape index (κ1) is 11.9. The van der Waals surface area contributed by atoms with Crippen LogP contribution in [0.4, 0.5) is 0 Å². The molecule has 2 rings (SSSR count). The van der Waals surface area contributed by atoms with Crippen LogP contribution < -0.4 is 10.5 Å². The smallest absolute Gasteiger partial charge is 0.176 e. The third-order valence-electron chi connectivity index (χ3n) is 2.88. The molecule has 2 N–H and O–H groups in total. The molecular formula is C14H17NO2. The minimum absolute atomic E-state index is 0.0374. The minimum Gasteiger partial charge on any atom is -0.483 e. The van der Waals surface area contributed by atoms with Crippen LogP contribution in [-0.4, -0.2) is 17.9 Å². The van der Waals surface area contributed by atoms with Crippen molar-refractivity contribution in [2.24, 2.45) is 5.73 Å². The van der Waals surface area contributed by atoms with Gasteiger partial charge in [-0.3, -0.25) is 4.79 Å². The molecule has 0 bridgehead atoms. The molecule has 1 aromatic rings. The van der Waals surface area contributed by atoms with Crippen molar-refractivity contribution in [1.82, 2.24) is 0 Å². The molecule has 1 aliphatic heterocycles. The molecule has 0 spiro atoms. The van der Waals surface area contributed by atoms with E-state index in [1.165, 1.54) is 0 Å². The van der Waals surface area contributed by atoms with Crippen molar-refractivity contribution < 1.29 is 9.53 Å². The first-order valence-electron chi connectivity index (χ1n) is 5.69. The number of ether oxygens (including phenoxy) is 1. The SMILES string of the molecule is Cc1cc2c(cc1C(=O)CN)C=CC(C)(C)O2. The fourth-order valence-corrected chi connectivity index (χ4v) is 1.94. The van der Waals surface area contributed by atoms with Crippen molar-refractivity contribution >= 4 is 11.9 Å². The summed E-state index contributed by atoms with van der Waals surface area (Å²) in [5, 5.41) is 0. The average Bonchev–Trinajstić information content (AvgIpc) is 2.26. The number of aryl methyl sites for hydroxylation is 1. The third kappa shape index (κ3) is 2.24. The van der Waals surface area contributed by atoms with Crippen LogP contribution in [0, 0.1) is 6.92 Å². The maximum atomic E-state index is 11.7. The van der Waals surface area contributed by atoms with Crippen LogP contribution in [-0.2, 0) is 0 Å². The van der Waals surface area contributed by atoms with E-state index in [1.807, 2.05) is 45.1 Å². The van der Waals surface area contributed by atoms with Gasteiger partial charge < -0.3 is 10.5 Å². The van der Waals surface area contributed by atoms with Crippen LogP contribution in [0.1, 0.15) is 35.3 Å². The molecule has 0 aromatic heterocycles. The summed E-state index contributed by atoms with van der Waals surface area (Å²) in [6.07, 6.45) is 3.98. The Balaban J connectivity index is 2.49. The molecule has 17 heavy (non-hydrogen) atoms. The zero-order valence-electron chi connectivity index (χ0n) is 10.4. The molecule has 0 aliphatic carbocycles. The van der Waals surface area contributed by atoms with Crippen molar-refractivity contribution in [2.75, 3.05) is 6.54 Å². The second-order valence-corrected chi connectivity index (χ2v) is 4.87. The summed E-state index contributed by atoms with van der Waals surface area (Å²) < 4.78 is 5.84. The van der Waals surface area contributed by atoms with Crippen molar-refractivity contribution in [3.8, 4) is 5.75 Å². The van der Waals surface area contributed by atoms with E-state index in [4.69, 9.17) is 10.5 Å². The summed E-state index contributed by atoms with van der Waals surface area (Å²) in [6.45, 7) is 5.94. The number of Topliss-reactive ketones (excluding diaryl/α,β-unsaturated/α-hetero) is 1. The Bertz CT molecular complexity index is 501. The van der Waals surface area contributed by atoms with Crippen molar-refractivity contribution in [1.29, 1.82) is 0 Å².